The molecule has 1 aliphatic carbocycles. The summed E-state index contributed by atoms with van der Waals surface area (Å²) in [5.74, 6) is 0.712. The van der Waals surface area contributed by atoms with E-state index in [1.807, 2.05) is 0 Å². The van der Waals surface area contributed by atoms with E-state index < -0.39 is 0 Å². The largest absolute Gasteiger partial charge is 0.351 e. The molecule has 0 radical (unpaired) electrons. The molecule has 1 rings (SSSR count). The molecule has 0 aromatic rings. The van der Waals surface area contributed by atoms with Gasteiger partial charge in [-0.25, -0.2) is 0 Å². The fourth-order valence-electron chi connectivity index (χ4n) is 2.81. The summed E-state index contributed by atoms with van der Waals surface area (Å²) in [6.07, 6.45) is 6.34. The van der Waals surface area contributed by atoms with Crippen molar-refractivity contribution in [3.63, 3.8) is 0 Å². The van der Waals surface area contributed by atoms with Crippen molar-refractivity contribution in [2.45, 2.75) is 52.0 Å². The van der Waals surface area contributed by atoms with Gasteiger partial charge in [-0.1, -0.05) is 33.1 Å². The Morgan fingerprint density at radius 2 is 1.75 bits per heavy atom. The van der Waals surface area contributed by atoms with E-state index in [4.69, 9.17) is 5.73 Å². The van der Waals surface area contributed by atoms with E-state index in [2.05, 4.69) is 24.1 Å². The van der Waals surface area contributed by atoms with Crippen LogP contribution in [0.2, 0.25) is 0 Å². The van der Waals surface area contributed by atoms with E-state index in [0.29, 0.717) is 19.0 Å². The lowest BCUT2D eigenvalue weighted by Gasteiger charge is -2.30. The zero-order chi connectivity index (χ0) is 13.4. The van der Waals surface area contributed by atoms with E-state index in [9.17, 15) is 4.79 Å². The first kappa shape index (κ1) is 22.3. The Balaban J connectivity index is 0. The van der Waals surface area contributed by atoms with Gasteiger partial charge in [0.2, 0.25) is 5.91 Å². The molecular weight excluding hydrogens is 297 g/mol. The molecular formula is C14H31Cl2N3O. The molecule has 0 aromatic heterocycles. The van der Waals surface area contributed by atoms with Gasteiger partial charge in [0, 0.05) is 12.6 Å². The molecule has 1 unspecified atom stereocenters. The van der Waals surface area contributed by atoms with Crippen molar-refractivity contribution >= 4 is 30.7 Å². The third-order valence-corrected chi connectivity index (χ3v) is 4.08. The number of nitrogens with two attached hydrogens (primary N) is 1. The maximum absolute atomic E-state index is 12.0. The molecule has 0 bridgehead atoms. The lowest BCUT2D eigenvalue weighted by molar-refractivity contribution is -0.123. The summed E-state index contributed by atoms with van der Waals surface area (Å²) in [6, 6.07) is 0.174. The molecule has 0 heterocycles. The summed E-state index contributed by atoms with van der Waals surface area (Å²) >= 11 is 0. The van der Waals surface area contributed by atoms with Crippen LogP contribution in [0.15, 0.2) is 0 Å². The fourth-order valence-corrected chi connectivity index (χ4v) is 2.81. The minimum absolute atomic E-state index is 0. The molecule has 4 nitrogen and oxygen atoms in total. The van der Waals surface area contributed by atoms with Crippen molar-refractivity contribution in [3.8, 4) is 0 Å². The molecule has 6 heteroatoms. The van der Waals surface area contributed by atoms with Gasteiger partial charge in [0.15, 0.2) is 0 Å². The minimum atomic E-state index is 0. The standard InChI is InChI=1S/C14H29N3O.2ClH/c1-3-17(4-2)11-14(18)16-13(10-15)12-8-6-5-7-9-12;;/h12-13H,3-11,15H2,1-2H3,(H,16,18);2*1H. The maximum atomic E-state index is 12.0. The maximum Gasteiger partial charge on any atom is 0.234 e. The summed E-state index contributed by atoms with van der Waals surface area (Å²) < 4.78 is 0. The van der Waals surface area contributed by atoms with Crippen LogP contribution in [0.4, 0.5) is 0 Å². The van der Waals surface area contributed by atoms with Crippen LogP contribution in [-0.2, 0) is 4.79 Å². The number of halogens is 2. The van der Waals surface area contributed by atoms with E-state index in [1.165, 1.54) is 32.1 Å². The molecule has 20 heavy (non-hydrogen) atoms. The van der Waals surface area contributed by atoms with Crippen LogP contribution >= 0.6 is 24.8 Å². The first-order chi connectivity index (χ1) is 8.71. The van der Waals surface area contributed by atoms with Gasteiger partial charge < -0.3 is 11.1 Å². The minimum Gasteiger partial charge on any atom is -0.351 e. The highest BCUT2D eigenvalue weighted by Crippen LogP contribution is 2.26. The summed E-state index contributed by atoms with van der Waals surface area (Å²) in [5.41, 5.74) is 5.82. The predicted octanol–water partition coefficient (Wildman–Crippen LogP) is 2.20. The predicted molar refractivity (Wildman–Crippen MR) is 89.8 cm³/mol. The van der Waals surface area contributed by atoms with Crippen molar-refractivity contribution in [1.29, 1.82) is 0 Å². The zero-order valence-electron chi connectivity index (χ0n) is 12.8. The monoisotopic (exact) mass is 327 g/mol. The van der Waals surface area contributed by atoms with Crippen LogP contribution in [0.5, 0.6) is 0 Å². The Labute approximate surface area is 136 Å². The van der Waals surface area contributed by atoms with E-state index in [0.717, 1.165) is 13.1 Å². The van der Waals surface area contributed by atoms with Crippen molar-refractivity contribution in [2.75, 3.05) is 26.2 Å². The second-order valence-electron chi connectivity index (χ2n) is 5.27. The molecule has 0 spiro atoms. The SMILES string of the molecule is CCN(CC)CC(=O)NC(CN)C1CCCCC1.Cl.Cl. The Morgan fingerprint density at radius 1 is 1.20 bits per heavy atom. The van der Waals surface area contributed by atoms with Crippen molar-refractivity contribution in [2.24, 2.45) is 11.7 Å². The average Bonchev–Trinajstić information content (AvgIpc) is 2.43. The topological polar surface area (TPSA) is 58.4 Å². The second kappa shape index (κ2) is 12.7. The lowest BCUT2D eigenvalue weighted by atomic mass is 9.84. The van der Waals surface area contributed by atoms with Gasteiger partial charge in [0.1, 0.15) is 0 Å². The Kier molecular flexibility index (Phi) is 14.1. The molecule has 1 amide bonds. The van der Waals surface area contributed by atoms with Crippen LogP contribution < -0.4 is 11.1 Å². The smallest absolute Gasteiger partial charge is 0.234 e. The molecule has 1 fully saturated rings. The van der Waals surface area contributed by atoms with Crippen LogP contribution in [0.1, 0.15) is 46.0 Å². The Bertz CT molecular complexity index is 245. The summed E-state index contributed by atoms with van der Waals surface area (Å²) in [6.45, 7) is 7.06. The van der Waals surface area contributed by atoms with Crippen LogP contribution in [0.3, 0.4) is 0 Å². The van der Waals surface area contributed by atoms with Gasteiger partial charge in [-0.05, 0) is 31.8 Å². The number of likely N-dealkylation sites (N-methyl/N-ethyl adjacent to an activating group) is 1. The van der Waals surface area contributed by atoms with E-state index in [1.54, 1.807) is 0 Å². The Hall–Kier alpha value is -0.0300. The van der Waals surface area contributed by atoms with E-state index >= 15 is 0 Å². The van der Waals surface area contributed by atoms with Crippen LogP contribution in [0, 0.1) is 5.92 Å². The van der Waals surface area contributed by atoms with Gasteiger partial charge >= 0.3 is 0 Å². The molecule has 0 saturated heterocycles. The average molecular weight is 328 g/mol. The molecule has 1 atom stereocenters. The normalized spacial score (nSPS) is 17.0. The molecule has 122 valence electrons. The number of nitrogens with zero attached hydrogens (tertiary/aromatic N) is 1. The zero-order valence-corrected chi connectivity index (χ0v) is 14.4. The fraction of sp³-hybridized carbons (Fsp3) is 0.929. The molecule has 1 saturated carbocycles. The number of rotatable bonds is 7. The first-order valence-electron chi connectivity index (χ1n) is 7.43. The number of hydrogen-bond donors (Lipinski definition) is 2. The highest BCUT2D eigenvalue weighted by molar-refractivity contribution is 5.85. The Morgan fingerprint density at radius 3 is 2.20 bits per heavy atom. The van der Waals surface area contributed by atoms with Gasteiger partial charge in [-0.15, -0.1) is 24.8 Å². The number of amides is 1. The third kappa shape index (κ3) is 7.67. The van der Waals surface area contributed by atoms with Crippen molar-refractivity contribution < 1.29 is 4.79 Å². The number of carbonyl (C=O) groups excluding carboxylic acids is 1. The van der Waals surface area contributed by atoms with Gasteiger partial charge in [-0.3, -0.25) is 9.69 Å². The van der Waals surface area contributed by atoms with Crippen LogP contribution in [-0.4, -0.2) is 43.0 Å². The van der Waals surface area contributed by atoms with Crippen LogP contribution in [0.25, 0.3) is 0 Å². The number of nitrogens with one attached hydrogen (secondary N) is 1. The molecule has 3 N–H and O–H groups in total. The third-order valence-electron chi connectivity index (χ3n) is 4.08. The summed E-state index contributed by atoms with van der Waals surface area (Å²) in [5, 5.41) is 3.13. The molecule has 0 aliphatic heterocycles. The quantitative estimate of drug-likeness (QED) is 0.753. The summed E-state index contributed by atoms with van der Waals surface area (Å²) in [7, 11) is 0. The van der Waals surface area contributed by atoms with Gasteiger partial charge in [0.05, 0.1) is 6.54 Å². The highest BCUT2D eigenvalue weighted by atomic mass is 35.5. The summed E-state index contributed by atoms with van der Waals surface area (Å²) in [4.78, 5) is 14.1. The van der Waals surface area contributed by atoms with E-state index in [-0.39, 0.29) is 36.8 Å². The first-order valence-corrected chi connectivity index (χ1v) is 7.43. The van der Waals surface area contributed by atoms with Gasteiger partial charge in [-0.2, -0.15) is 0 Å². The number of carbonyl (C=O) groups is 1. The molecule has 1 aliphatic rings. The van der Waals surface area contributed by atoms with Gasteiger partial charge in [0.25, 0.3) is 0 Å². The second-order valence-corrected chi connectivity index (χ2v) is 5.27. The molecule has 0 aromatic carbocycles. The number of hydrogen-bond acceptors (Lipinski definition) is 3. The lowest BCUT2D eigenvalue weighted by Crippen LogP contribution is -2.49. The van der Waals surface area contributed by atoms with Crippen molar-refractivity contribution in [3.05, 3.63) is 0 Å². The van der Waals surface area contributed by atoms with Crippen molar-refractivity contribution in [1.82, 2.24) is 10.2 Å². The highest BCUT2D eigenvalue weighted by Gasteiger charge is 2.24.